The van der Waals surface area contributed by atoms with Gasteiger partial charge in [-0.05, 0) is 58.4 Å². The second-order valence-corrected chi connectivity index (χ2v) is 7.97. The topological polar surface area (TPSA) is 70.8 Å². The van der Waals surface area contributed by atoms with E-state index in [4.69, 9.17) is 19.8 Å². The first-order valence-electron chi connectivity index (χ1n) is 8.96. The predicted octanol–water partition coefficient (Wildman–Crippen LogP) is 3.74. The number of rotatable bonds is 7. The van der Waals surface area contributed by atoms with Crippen LogP contribution in [0.1, 0.15) is 53.0 Å². The Morgan fingerprint density at radius 3 is 2.24 bits per heavy atom. The van der Waals surface area contributed by atoms with Crippen molar-refractivity contribution in [2.75, 3.05) is 0 Å². The van der Waals surface area contributed by atoms with Gasteiger partial charge < -0.3 is 19.8 Å². The highest BCUT2D eigenvalue weighted by Gasteiger charge is 2.55. The van der Waals surface area contributed by atoms with E-state index in [0.717, 1.165) is 12.8 Å². The Morgan fingerprint density at radius 2 is 1.72 bits per heavy atom. The average Bonchev–Trinajstić information content (AvgIpc) is 2.73. The number of ether oxygens (including phenoxy) is 1. The quantitative estimate of drug-likeness (QED) is 0.763. The summed E-state index contributed by atoms with van der Waals surface area (Å²) in [6.07, 6.45) is 1.82. The van der Waals surface area contributed by atoms with Crippen LogP contribution in [0.3, 0.4) is 0 Å². The fourth-order valence-electron chi connectivity index (χ4n) is 2.98. The minimum absolute atomic E-state index is 0.337. The molecule has 1 saturated heterocycles. The first-order chi connectivity index (χ1) is 11.6. The van der Waals surface area contributed by atoms with E-state index in [0.29, 0.717) is 12.3 Å². The van der Waals surface area contributed by atoms with Gasteiger partial charge in [-0.2, -0.15) is 0 Å². The molecule has 0 bridgehead atoms. The molecule has 2 atom stereocenters. The third-order valence-corrected chi connectivity index (χ3v) is 5.25. The zero-order valence-electron chi connectivity index (χ0n) is 16.0. The van der Waals surface area contributed by atoms with E-state index < -0.39 is 30.4 Å². The second-order valence-electron chi connectivity index (χ2n) is 7.97. The molecular weight excluding hydrogens is 317 g/mol. The molecule has 1 aliphatic heterocycles. The van der Waals surface area contributed by atoms with Gasteiger partial charge in [-0.25, -0.2) is 4.79 Å². The summed E-state index contributed by atoms with van der Waals surface area (Å²) in [6, 6.07) is 9.84. The van der Waals surface area contributed by atoms with Gasteiger partial charge in [-0.3, -0.25) is 0 Å². The van der Waals surface area contributed by atoms with E-state index in [9.17, 15) is 4.79 Å². The van der Waals surface area contributed by atoms with Crippen LogP contribution in [0.2, 0.25) is 0 Å². The molecule has 1 aromatic rings. The fraction of sp³-hybridized carbons (Fsp3) is 0.632. The Balaban J connectivity index is 1.97. The molecule has 2 rings (SSSR count). The number of nitrogens with two attached hydrogens (primary N) is 1. The molecule has 1 aliphatic rings. The third kappa shape index (κ3) is 5.22. The summed E-state index contributed by atoms with van der Waals surface area (Å²) in [6.45, 7) is 10.1. The van der Waals surface area contributed by atoms with Crippen LogP contribution in [0, 0.1) is 5.92 Å². The van der Waals surface area contributed by atoms with E-state index in [2.05, 4.69) is 19.1 Å². The molecule has 6 heteroatoms. The maximum Gasteiger partial charge on any atom is 0.501 e. The van der Waals surface area contributed by atoms with Gasteiger partial charge in [0.1, 0.15) is 6.00 Å². The van der Waals surface area contributed by atoms with Crippen LogP contribution in [-0.2, 0) is 20.5 Å². The van der Waals surface area contributed by atoms with Gasteiger partial charge in [0.2, 0.25) is 0 Å². The fourth-order valence-corrected chi connectivity index (χ4v) is 2.98. The van der Waals surface area contributed by atoms with Crippen molar-refractivity contribution in [3.63, 3.8) is 0 Å². The van der Waals surface area contributed by atoms with Gasteiger partial charge in [0.15, 0.2) is 0 Å². The monoisotopic (exact) mass is 347 g/mol. The molecule has 1 aromatic carbocycles. The number of aryl methyl sites for hydroxylation is 1. The highest BCUT2D eigenvalue weighted by atomic mass is 16.7. The zero-order chi connectivity index (χ0) is 18.7. The van der Waals surface area contributed by atoms with E-state index >= 15 is 0 Å². The van der Waals surface area contributed by atoms with Crippen LogP contribution < -0.4 is 5.73 Å². The van der Waals surface area contributed by atoms with Gasteiger partial charge in [-0.15, -0.1) is 0 Å². The van der Waals surface area contributed by atoms with Crippen molar-refractivity contribution in [1.82, 2.24) is 0 Å². The van der Waals surface area contributed by atoms with Crippen LogP contribution in [0.5, 0.6) is 0 Å². The zero-order valence-corrected chi connectivity index (χ0v) is 16.0. The SMILES string of the molecule is C[C@H](CCc1ccccc1)C[C@H](OC(N)=O)B1OC(C)(C)C(C)(C)O1. The summed E-state index contributed by atoms with van der Waals surface area (Å²) in [4.78, 5) is 11.3. The van der Waals surface area contributed by atoms with Crippen molar-refractivity contribution in [3.05, 3.63) is 35.9 Å². The predicted molar refractivity (Wildman–Crippen MR) is 99.1 cm³/mol. The van der Waals surface area contributed by atoms with Crippen LogP contribution in [0.15, 0.2) is 30.3 Å². The number of amides is 1. The molecule has 0 radical (unpaired) electrons. The summed E-state index contributed by atoms with van der Waals surface area (Å²) < 4.78 is 17.4. The largest absolute Gasteiger partial charge is 0.501 e. The normalized spacial score (nSPS) is 20.9. The molecule has 2 N–H and O–H groups in total. The molecule has 0 saturated carbocycles. The van der Waals surface area contributed by atoms with Crippen LogP contribution in [-0.4, -0.2) is 30.4 Å². The molecule has 0 unspecified atom stereocenters. The molecule has 1 amide bonds. The number of benzene rings is 1. The summed E-state index contributed by atoms with van der Waals surface area (Å²) in [7, 11) is -0.600. The van der Waals surface area contributed by atoms with Crippen molar-refractivity contribution in [2.24, 2.45) is 11.7 Å². The molecule has 138 valence electrons. The highest BCUT2D eigenvalue weighted by Crippen LogP contribution is 2.38. The lowest BCUT2D eigenvalue weighted by Crippen LogP contribution is -2.41. The summed E-state index contributed by atoms with van der Waals surface area (Å²) in [5.41, 5.74) is 5.63. The number of primary amides is 1. The number of hydrogen-bond acceptors (Lipinski definition) is 4. The van der Waals surface area contributed by atoms with Crippen molar-refractivity contribution < 1.29 is 18.8 Å². The van der Waals surface area contributed by atoms with Gasteiger partial charge in [0.25, 0.3) is 0 Å². The van der Waals surface area contributed by atoms with Crippen LogP contribution in [0.4, 0.5) is 4.79 Å². The standard InChI is InChI=1S/C19H30BNO4/c1-14(11-12-15-9-7-6-8-10-15)13-16(23-17(21)22)20-24-18(2,3)19(4,5)25-20/h6-10,14,16H,11-13H2,1-5H3,(H2,21,22)/t14-,16+/m1/s1. The lowest BCUT2D eigenvalue weighted by molar-refractivity contribution is 0.00578. The van der Waals surface area contributed by atoms with Gasteiger partial charge in [0, 0.05) is 0 Å². The Bertz CT molecular complexity index is 560. The molecule has 1 fully saturated rings. The van der Waals surface area contributed by atoms with E-state index in [1.165, 1.54) is 5.56 Å². The van der Waals surface area contributed by atoms with E-state index in [1.807, 2.05) is 45.9 Å². The van der Waals surface area contributed by atoms with Crippen molar-refractivity contribution in [2.45, 2.75) is 71.1 Å². The number of carbonyl (C=O) groups excluding carboxylic acids is 1. The summed E-state index contributed by atoms with van der Waals surface area (Å²) in [5.74, 6) is 0.337. The minimum Gasteiger partial charge on any atom is -0.449 e. The highest BCUT2D eigenvalue weighted by molar-refractivity contribution is 6.47. The maximum absolute atomic E-state index is 11.3. The lowest BCUT2D eigenvalue weighted by atomic mass is 9.75. The van der Waals surface area contributed by atoms with Gasteiger partial charge >= 0.3 is 13.2 Å². The smallest absolute Gasteiger partial charge is 0.449 e. The Morgan fingerprint density at radius 1 is 1.16 bits per heavy atom. The van der Waals surface area contributed by atoms with Crippen LogP contribution >= 0.6 is 0 Å². The second kappa shape index (κ2) is 7.79. The molecule has 25 heavy (non-hydrogen) atoms. The molecule has 0 aromatic heterocycles. The Labute approximate surface area is 151 Å². The van der Waals surface area contributed by atoms with Crippen LogP contribution in [0.25, 0.3) is 0 Å². The van der Waals surface area contributed by atoms with Crippen molar-refractivity contribution >= 4 is 13.2 Å². The van der Waals surface area contributed by atoms with Crippen molar-refractivity contribution in [3.8, 4) is 0 Å². The maximum atomic E-state index is 11.3. The molecular formula is C19H30BNO4. The lowest BCUT2D eigenvalue weighted by Gasteiger charge is -2.32. The third-order valence-electron chi connectivity index (χ3n) is 5.25. The van der Waals surface area contributed by atoms with Crippen molar-refractivity contribution in [1.29, 1.82) is 0 Å². The van der Waals surface area contributed by atoms with E-state index in [-0.39, 0.29) is 0 Å². The number of carbonyl (C=O) groups is 1. The summed E-state index contributed by atoms with van der Waals surface area (Å²) in [5, 5.41) is 0. The molecule has 5 nitrogen and oxygen atoms in total. The van der Waals surface area contributed by atoms with E-state index in [1.54, 1.807) is 0 Å². The molecule has 0 aliphatic carbocycles. The average molecular weight is 347 g/mol. The Hall–Kier alpha value is -1.53. The number of hydrogen-bond donors (Lipinski definition) is 1. The molecule has 1 heterocycles. The molecule has 0 spiro atoms. The Kier molecular flexibility index (Phi) is 6.17. The first-order valence-corrected chi connectivity index (χ1v) is 8.96. The van der Waals surface area contributed by atoms with Gasteiger partial charge in [0.05, 0.1) is 11.2 Å². The van der Waals surface area contributed by atoms with Gasteiger partial charge in [-0.1, -0.05) is 37.3 Å². The minimum atomic E-state index is -0.796. The first kappa shape index (κ1) is 19.8. The summed E-state index contributed by atoms with van der Waals surface area (Å²) >= 11 is 0.